The maximum atomic E-state index is 13.5. The molecule has 2 amide bonds. The number of nitrogens with one attached hydrogen (secondary N) is 2. The molecular weight excluding hydrogens is 479 g/mol. The number of benzene rings is 1. The number of amides is 2. The summed E-state index contributed by atoms with van der Waals surface area (Å²) in [5.74, 6) is -3.38. The summed E-state index contributed by atoms with van der Waals surface area (Å²) < 4.78 is 16.1. The Labute approximate surface area is 215 Å². The fourth-order valence-electron chi connectivity index (χ4n) is 3.76. The summed E-state index contributed by atoms with van der Waals surface area (Å²) in [7, 11) is -1.37. The van der Waals surface area contributed by atoms with E-state index in [1.807, 2.05) is 44.2 Å². The third-order valence-electron chi connectivity index (χ3n) is 5.62. The summed E-state index contributed by atoms with van der Waals surface area (Å²) in [6.07, 6.45) is 2.65. The van der Waals surface area contributed by atoms with Gasteiger partial charge >= 0.3 is 19.1 Å². The zero-order valence-electron chi connectivity index (χ0n) is 21.2. The van der Waals surface area contributed by atoms with Crippen molar-refractivity contribution in [1.29, 1.82) is 0 Å². The molecule has 1 fully saturated rings. The largest absolute Gasteiger partial charge is 0.622 e. The van der Waals surface area contributed by atoms with Gasteiger partial charge in [-0.2, -0.15) is 0 Å². The molecule has 196 valence electrons. The first kappa shape index (κ1) is 27.8. The Morgan fingerprint density at radius 3 is 2.22 bits per heavy atom. The molecule has 0 spiro atoms. The molecule has 4 atom stereocenters. The molecule has 1 aromatic carbocycles. The Balaban J connectivity index is 1.84. The smallest absolute Gasteiger partial charge is 0.496 e. The third-order valence-corrected chi connectivity index (χ3v) is 5.62. The van der Waals surface area contributed by atoms with Gasteiger partial charge in [0, 0.05) is 18.8 Å². The lowest BCUT2D eigenvalue weighted by atomic mass is 9.73. The van der Waals surface area contributed by atoms with Gasteiger partial charge in [0.05, 0.1) is 12.1 Å². The number of ether oxygens (including phenoxy) is 1. The van der Waals surface area contributed by atoms with Gasteiger partial charge in [-0.25, -0.2) is 4.98 Å². The zero-order chi connectivity index (χ0) is 26.9. The highest BCUT2D eigenvalue weighted by Crippen LogP contribution is 2.16. The average Bonchev–Trinajstić information content (AvgIpc) is 2.87. The quantitative estimate of drug-likeness (QED) is 0.476. The number of carbonyl (C=O) groups is 4. The van der Waals surface area contributed by atoms with Crippen LogP contribution in [-0.4, -0.2) is 65.0 Å². The molecular formula is C25H31BN4O7. The molecule has 0 bridgehead atoms. The summed E-state index contributed by atoms with van der Waals surface area (Å²) in [6, 6.07) is 8.16. The second-order valence-electron chi connectivity index (χ2n) is 9.21. The summed E-state index contributed by atoms with van der Waals surface area (Å²) >= 11 is 0. The number of nitrogens with zero attached hydrogens (tertiary/aromatic N) is 2. The van der Waals surface area contributed by atoms with E-state index in [1.54, 1.807) is 0 Å². The highest BCUT2D eigenvalue weighted by molar-refractivity contribution is 6.51. The van der Waals surface area contributed by atoms with Gasteiger partial charge in [0.1, 0.15) is 11.7 Å². The lowest BCUT2D eigenvalue weighted by molar-refractivity contribution is -0.168. The third kappa shape index (κ3) is 8.11. The van der Waals surface area contributed by atoms with Crippen LogP contribution >= 0.6 is 0 Å². The summed E-state index contributed by atoms with van der Waals surface area (Å²) in [4.78, 5) is 59.1. The van der Waals surface area contributed by atoms with Gasteiger partial charge in [-0.3, -0.25) is 24.2 Å². The number of aromatic nitrogens is 2. The second-order valence-corrected chi connectivity index (χ2v) is 9.21. The molecule has 12 heteroatoms. The normalized spacial score (nSPS) is 19.6. The van der Waals surface area contributed by atoms with Gasteiger partial charge in [0.15, 0.2) is 12.2 Å². The van der Waals surface area contributed by atoms with E-state index in [0.29, 0.717) is 6.42 Å². The number of carbonyl (C=O) groups excluding carboxylic acids is 4. The minimum Gasteiger partial charge on any atom is -0.496 e. The molecule has 1 unspecified atom stereocenters. The van der Waals surface area contributed by atoms with E-state index >= 15 is 0 Å². The molecule has 1 saturated heterocycles. The highest BCUT2D eigenvalue weighted by Gasteiger charge is 2.44. The zero-order valence-corrected chi connectivity index (χ0v) is 21.2. The first-order valence-corrected chi connectivity index (χ1v) is 12.1. The maximum Gasteiger partial charge on any atom is 0.622 e. The Hall–Kier alpha value is -3.80. The fraction of sp³-hybridized carbons (Fsp3) is 0.440. The molecule has 1 aliphatic heterocycles. The van der Waals surface area contributed by atoms with E-state index in [9.17, 15) is 19.2 Å². The fourth-order valence-corrected chi connectivity index (χ4v) is 3.76. The molecule has 2 N–H and O–H groups in total. The van der Waals surface area contributed by atoms with Gasteiger partial charge in [0.2, 0.25) is 5.91 Å². The number of hydrogen-bond donors (Lipinski definition) is 2. The van der Waals surface area contributed by atoms with Crippen molar-refractivity contribution < 1.29 is 33.2 Å². The Kier molecular flexibility index (Phi) is 9.73. The lowest BCUT2D eigenvalue weighted by Crippen LogP contribution is -2.58. The highest BCUT2D eigenvalue weighted by atomic mass is 16.7. The van der Waals surface area contributed by atoms with Crippen molar-refractivity contribution in [2.75, 3.05) is 0 Å². The van der Waals surface area contributed by atoms with Gasteiger partial charge in [-0.05, 0) is 31.7 Å². The van der Waals surface area contributed by atoms with Crippen molar-refractivity contribution in [3.8, 4) is 0 Å². The molecule has 37 heavy (non-hydrogen) atoms. The Morgan fingerprint density at radius 2 is 1.65 bits per heavy atom. The minimum atomic E-state index is -1.37. The molecule has 2 aromatic rings. The van der Waals surface area contributed by atoms with E-state index in [0.717, 1.165) is 5.56 Å². The van der Waals surface area contributed by atoms with E-state index in [2.05, 4.69) is 20.6 Å². The van der Waals surface area contributed by atoms with Gasteiger partial charge in [0.25, 0.3) is 5.91 Å². The molecule has 2 heterocycles. The van der Waals surface area contributed by atoms with Crippen LogP contribution in [0.4, 0.5) is 0 Å². The standard InChI is InChI=1S/C25H31BN4O7/c1-15(2)12-21(26-36-24(33)16(3)35-17(4)25(34)37-26)30-22(31)19(13-18-8-6-5-7-9-18)29-23(32)20-14-27-10-11-28-20/h5-11,14-17,19,21H,12-13H2,1-4H3,(H,29,32)(H,30,31)/t16-,17-,19?,21+/m1/s1. The molecule has 3 rings (SSSR count). The summed E-state index contributed by atoms with van der Waals surface area (Å²) in [5.41, 5.74) is 0.865. The van der Waals surface area contributed by atoms with Crippen molar-refractivity contribution in [1.82, 2.24) is 20.6 Å². The van der Waals surface area contributed by atoms with Crippen molar-refractivity contribution in [3.05, 3.63) is 60.2 Å². The van der Waals surface area contributed by atoms with Gasteiger partial charge < -0.3 is 24.7 Å². The van der Waals surface area contributed by atoms with Gasteiger partial charge in [-0.1, -0.05) is 44.2 Å². The van der Waals surface area contributed by atoms with Crippen LogP contribution in [0, 0.1) is 5.92 Å². The minimum absolute atomic E-state index is 0.0426. The van der Waals surface area contributed by atoms with Crippen LogP contribution in [-0.2, 0) is 34.9 Å². The van der Waals surface area contributed by atoms with Crippen LogP contribution in [0.1, 0.15) is 50.2 Å². The van der Waals surface area contributed by atoms with Crippen molar-refractivity contribution >= 4 is 30.9 Å². The number of rotatable bonds is 9. The monoisotopic (exact) mass is 510 g/mol. The predicted octanol–water partition coefficient (Wildman–Crippen LogP) is 1.27. The lowest BCUT2D eigenvalue weighted by Gasteiger charge is -2.30. The van der Waals surface area contributed by atoms with Gasteiger partial charge in [-0.15, -0.1) is 0 Å². The van der Waals surface area contributed by atoms with Crippen LogP contribution in [0.5, 0.6) is 0 Å². The van der Waals surface area contributed by atoms with Crippen LogP contribution in [0.2, 0.25) is 0 Å². The van der Waals surface area contributed by atoms with Crippen LogP contribution in [0.3, 0.4) is 0 Å². The molecule has 11 nitrogen and oxygen atoms in total. The number of hydrogen-bond acceptors (Lipinski definition) is 9. The van der Waals surface area contributed by atoms with Crippen LogP contribution in [0.15, 0.2) is 48.9 Å². The molecule has 0 saturated carbocycles. The van der Waals surface area contributed by atoms with Crippen molar-refractivity contribution in [3.63, 3.8) is 0 Å². The molecule has 0 radical (unpaired) electrons. The maximum absolute atomic E-state index is 13.5. The van der Waals surface area contributed by atoms with Crippen molar-refractivity contribution in [2.45, 2.75) is 64.7 Å². The topological polar surface area (TPSA) is 146 Å². The van der Waals surface area contributed by atoms with Crippen molar-refractivity contribution in [2.24, 2.45) is 5.92 Å². The Bertz CT molecular complexity index is 1060. The van der Waals surface area contributed by atoms with E-state index in [4.69, 9.17) is 14.0 Å². The van der Waals surface area contributed by atoms with E-state index < -0.39 is 55.1 Å². The SMILES string of the molecule is CC(C)C[C@H](NC(=O)C(Cc1ccccc1)NC(=O)c1cnccn1)B1OC(=O)[C@@H](C)O[C@H](C)C(=O)O1. The van der Waals surface area contributed by atoms with Crippen LogP contribution < -0.4 is 10.6 Å². The molecule has 1 aromatic heterocycles. The first-order chi connectivity index (χ1) is 17.6. The summed E-state index contributed by atoms with van der Waals surface area (Å²) in [5, 5.41) is 5.54. The molecule has 0 aliphatic carbocycles. The Morgan fingerprint density at radius 1 is 1.00 bits per heavy atom. The predicted molar refractivity (Wildman–Crippen MR) is 133 cm³/mol. The van der Waals surface area contributed by atoms with Crippen LogP contribution in [0.25, 0.3) is 0 Å². The second kappa shape index (κ2) is 13.0. The first-order valence-electron chi connectivity index (χ1n) is 12.1. The van der Waals surface area contributed by atoms with E-state index in [-0.39, 0.29) is 18.0 Å². The summed E-state index contributed by atoms with van der Waals surface area (Å²) in [6.45, 7) is 6.78. The average molecular weight is 510 g/mol. The molecule has 1 aliphatic rings. The van der Waals surface area contributed by atoms with E-state index in [1.165, 1.54) is 32.4 Å².